The van der Waals surface area contributed by atoms with E-state index in [1.807, 2.05) is 18.2 Å². The Hall–Kier alpha value is -1.42. The molecule has 1 aromatic carbocycles. The first kappa shape index (κ1) is 10.1. The third-order valence-corrected chi connectivity index (χ3v) is 2.85. The highest BCUT2D eigenvalue weighted by Gasteiger charge is 2.18. The van der Waals surface area contributed by atoms with Gasteiger partial charge in [-0.25, -0.2) is 0 Å². The summed E-state index contributed by atoms with van der Waals surface area (Å²) in [5.74, 6) is 0. The number of nitrogens with two attached hydrogens (primary N) is 2. The van der Waals surface area contributed by atoms with Crippen molar-refractivity contribution in [2.24, 2.45) is 0 Å². The molecule has 1 fully saturated rings. The number of nitrogens with one attached hydrogen (secondary N) is 1. The minimum Gasteiger partial charge on any atom is -0.397 e. The second-order valence-corrected chi connectivity index (χ2v) is 4.24. The molecule has 1 aliphatic rings. The summed E-state index contributed by atoms with van der Waals surface area (Å²) in [7, 11) is 2.14. The molecule has 1 heterocycles. The summed E-state index contributed by atoms with van der Waals surface area (Å²) < 4.78 is 0. The Morgan fingerprint density at radius 1 is 1.33 bits per heavy atom. The van der Waals surface area contributed by atoms with Crippen LogP contribution in [0, 0.1) is 0 Å². The molecule has 1 unspecified atom stereocenters. The first-order chi connectivity index (χ1) is 7.15. The lowest BCUT2D eigenvalue weighted by Gasteiger charge is -2.15. The molecule has 1 saturated heterocycles. The van der Waals surface area contributed by atoms with Crippen LogP contribution in [-0.4, -0.2) is 31.1 Å². The van der Waals surface area contributed by atoms with Gasteiger partial charge in [-0.15, -0.1) is 0 Å². The number of likely N-dealkylation sites (N-methyl/N-ethyl adjacent to an activating group) is 1. The largest absolute Gasteiger partial charge is 0.397 e. The minimum atomic E-state index is 0.526. The van der Waals surface area contributed by atoms with Crippen molar-refractivity contribution in [1.29, 1.82) is 0 Å². The van der Waals surface area contributed by atoms with Crippen LogP contribution >= 0.6 is 0 Å². The van der Waals surface area contributed by atoms with Gasteiger partial charge in [0, 0.05) is 18.3 Å². The average molecular weight is 206 g/mol. The summed E-state index contributed by atoms with van der Waals surface area (Å²) in [6.45, 7) is 2.24. The van der Waals surface area contributed by atoms with Crippen molar-refractivity contribution in [2.75, 3.05) is 36.9 Å². The molecule has 0 radical (unpaired) electrons. The molecular formula is C11H18N4. The summed E-state index contributed by atoms with van der Waals surface area (Å²) in [4.78, 5) is 2.32. The molecule has 0 aromatic heterocycles. The summed E-state index contributed by atoms with van der Waals surface area (Å²) in [5.41, 5.74) is 13.7. The first-order valence-corrected chi connectivity index (χ1v) is 5.25. The highest BCUT2D eigenvalue weighted by molar-refractivity contribution is 5.69. The number of hydrogen-bond acceptors (Lipinski definition) is 4. The van der Waals surface area contributed by atoms with Gasteiger partial charge in [0.25, 0.3) is 0 Å². The van der Waals surface area contributed by atoms with Gasteiger partial charge in [0.15, 0.2) is 0 Å². The van der Waals surface area contributed by atoms with Crippen LogP contribution in [0.5, 0.6) is 0 Å². The molecule has 0 bridgehead atoms. The van der Waals surface area contributed by atoms with E-state index in [4.69, 9.17) is 11.5 Å². The summed E-state index contributed by atoms with van der Waals surface area (Å²) in [6.07, 6.45) is 1.18. The zero-order valence-corrected chi connectivity index (χ0v) is 9.03. The normalized spacial score (nSPS) is 21.8. The van der Waals surface area contributed by atoms with Gasteiger partial charge in [-0.1, -0.05) is 0 Å². The smallest absolute Gasteiger partial charge is 0.0568 e. The molecule has 2 rings (SSSR count). The van der Waals surface area contributed by atoms with Gasteiger partial charge >= 0.3 is 0 Å². The van der Waals surface area contributed by atoms with Crippen molar-refractivity contribution in [3.63, 3.8) is 0 Å². The van der Waals surface area contributed by atoms with Crippen LogP contribution in [-0.2, 0) is 0 Å². The number of rotatable bonds is 2. The van der Waals surface area contributed by atoms with E-state index in [-0.39, 0.29) is 0 Å². The van der Waals surface area contributed by atoms with E-state index in [9.17, 15) is 0 Å². The van der Waals surface area contributed by atoms with Crippen LogP contribution in [0.15, 0.2) is 18.2 Å². The van der Waals surface area contributed by atoms with E-state index in [1.54, 1.807) is 0 Å². The fraction of sp³-hybridized carbons (Fsp3) is 0.455. The minimum absolute atomic E-state index is 0.526. The Morgan fingerprint density at radius 2 is 2.13 bits per heavy atom. The van der Waals surface area contributed by atoms with E-state index >= 15 is 0 Å². The fourth-order valence-electron chi connectivity index (χ4n) is 1.95. The van der Waals surface area contributed by atoms with Crippen molar-refractivity contribution in [1.82, 2.24) is 4.90 Å². The quantitative estimate of drug-likeness (QED) is 0.631. The van der Waals surface area contributed by atoms with Crippen LogP contribution < -0.4 is 16.8 Å². The Bertz CT molecular complexity index is 350. The molecule has 1 aromatic rings. The van der Waals surface area contributed by atoms with Crippen molar-refractivity contribution in [3.05, 3.63) is 18.2 Å². The highest BCUT2D eigenvalue weighted by atomic mass is 15.2. The van der Waals surface area contributed by atoms with Gasteiger partial charge < -0.3 is 21.7 Å². The molecule has 0 amide bonds. The Kier molecular flexibility index (Phi) is 2.68. The van der Waals surface area contributed by atoms with Crippen LogP contribution in [0.4, 0.5) is 17.1 Å². The maximum Gasteiger partial charge on any atom is 0.0568 e. The van der Waals surface area contributed by atoms with Crippen LogP contribution in [0.25, 0.3) is 0 Å². The molecule has 15 heavy (non-hydrogen) atoms. The van der Waals surface area contributed by atoms with E-state index in [0.717, 1.165) is 18.8 Å². The lowest BCUT2D eigenvalue weighted by Crippen LogP contribution is -2.23. The summed E-state index contributed by atoms with van der Waals surface area (Å²) in [5, 5.41) is 3.46. The number of hydrogen-bond donors (Lipinski definition) is 3. The van der Waals surface area contributed by atoms with Crippen LogP contribution in [0.3, 0.4) is 0 Å². The van der Waals surface area contributed by atoms with Crippen molar-refractivity contribution in [3.8, 4) is 0 Å². The predicted molar refractivity (Wildman–Crippen MR) is 64.8 cm³/mol. The van der Waals surface area contributed by atoms with Gasteiger partial charge in [-0.3, -0.25) is 0 Å². The van der Waals surface area contributed by atoms with Gasteiger partial charge in [-0.2, -0.15) is 0 Å². The van der Waals surface area contributed by atoms with Crippen molar-refractivity contribution in [2.45, 2.75) is 12.5 Å². The third kappa shape index (κ3) is 2.33. The standard InChI is InChI=1S/C11H18N4/c1-15-5-4-9(7-15)14-8-2-3-10(12)11(13)6-8/h2-3,6,9,14H,4-5,7,12-13H2,1H3. The van der Waals surface area contributed by atoms with E-state index < -0.39 is 0 Å². The Morgan fingerprint density at radius 3 is 2.73 bits per heavy atom. The zero-order valence-electron chi connectivity index (χ0n) is 9.03. The van der Waals surface area contributed by atoms with Crippen LogP contribution in [0.1, 0.15) is 6.42 Å². The molecule has 0 spiro atoms. The maximum atomic E-state index is 5.75. The molecule has 82 valence electrons. The van der Waals surface area contributed by atoms with Gasteiger partial charge in [0.05, 0.1) is 11.4 Å². The highest BCUT2D eigenvalue weighted by Crippen LogP contribution is 2.21. The summed E-state index contributed by atoms with van der Waals surface area (Å²) >= 11 is 0. The molecular weight excluding hydrogens is 188 g/mol. The number of nitrogen functional groups attached to an aromatic ring is 2. The Labute approximate surface area is 90.2 Å². The lowest BCUT2D eigenvalue weighted by molar-refractivity contribution is 0.414. The Balaban J connectivity index is 2.02. The molecule has 1 aliphatic heterocycles. The molecule has 4 nitrogen and oxygen atoms in total. The first-order valence-electron chi connectivity index (χ1n) is 5.25. The van der Waals surface area contributed by atoms with E-state index in [2.05, 4.69) is 17.3 Å². The monoisotopic (exact) mass is 206 g/mol. The number of benzene rings is 1. The van der Waals surface area contributed by atoms with Crippen molar-refractivity contribution >= 4 is 17.1 Å². The molecule has 1 atom stereocenters. The fourth-order valence-corrected chi connectivity index (χ4v) is 1.95. The maximum absolute atomic E-state index is 5.75. The predicted octanol–water partition coefficient (Wildman–Crippen LogP) is 0.967. The summed E-state index contributed by atoms with van der Waals surface area (Å²) in [6, 6.07) is 6.24. The average Bonchev–Trinajstić information content (AvgIpc) is 2.58. The second-order valence-electron chi connectivity index (χ2n) is 4.24. The topological polar surface area (TPSA) is 67.3 Å². The molecule has 0 aliphatic carbocycles. The van der Waals surface area contributed by atoms with Crippen LogP contribution in [0.2, 0.25) is 0 Å². The van der Waals surface area contributed by atoms with Gasteiger partial charge in [0.2, 0.25) is 0 Å². The van der Waals surface area contributed by atoms with E-state index in [1.165, 1.54) is 6.42 Å². The van der Waals surface area contributed by atoms with Gasteiger partial charge in [-0.05, 0) is 38.2 Å². The van der Waals surface area contributed by atoms with Crippen molar-refractivity contribution < 1.29 is 0 Å². The number of nitrogens with zero attached hydrogens (tertiary/aromatic N) is 1. The van der Waals surface area contributed by atoms with E-state index in [0.29, 0.717) is 17.4 Å². The zero-order chi connectivity index (χ0) is 10.8. The molecule has 0 saturated carbocycles. The second kappa shape index (κ2) is 3.98. The SMILES string of the molecule is CN1CCC(Nc2ccc(N)c(N)c2)C1. The molecule has 5 N–H and O–H groups in total. The molecule has 4 heteroatoms. The van der Waals surface area contributed by atoms with Gasteiger partial charge in [0.1, 0.15) is 0 Å². The number of likely N-dealkylation sites (tertiary alicyclic amines) is 1. The third-order valence-electron chi connectivity index (χ3n) is 2.85. The number of anilines is 3. The lowest BCUT2D eigenvalue weighted by atomic mass is 10.2.